The molecular weight excluding hydrogens is 328 g/mol. The fourth-order valence-electron chi connectivity index (χ4n) is 2.38. The molecule has 1 unspecified atom stereocenters. The summed E-state index contributed by atoms with van der Waals surface area (Å²) in [6, 6.07) is 14.3. The Morgan fingerprint density at radius 1 is 1.12 bits per heavy atom. The summed E-state index contributed by atoms with van der Waals surface area (Å²) in [4.78, 5) is 12.0. The van der Waals surface area contributed by atoms with Gasteiger partial charge in [-0.3, -0.25) is 4.79 Å². The Bertz CT molecular complexity index is 847. The second kappa shape index (κ2) is 6.62. The zero-order valence-corrected chi connectivity index (χ0v) is 14.0. The maximum atomic E-state index is 12.2. The third kappa shape index (κ3) is 3.93. The van der Waals surface area contributed by atoms with Gasteiger partial charge in [0, 0.05) is 0 Å². The summed E-state index contributed by atoms with van der Waals surface area (Å²) >= 11 is 0. The smallest absolute Gasteiger partial charge is 0.266 e. The lowest BCUT2D eigenvalue weighted by atomic mass is 10.2. The molecule has 1 atom stereocenters. The van der Waals surface area contributed by atoms with Crippen LogP contribution in [0.2, 0.25) is 0 Å². The van der Waals surface area contributed by atoms with Crippen LogP contribution in [0.1, 0.15) is 11.1 Å². The van der Waals surface area contributed by atoms with E-state index >= 15 is 0 Å². The number of nitrogens with one attached hydrogen (secondary N) is 2. The van der Waals surface area contributed by atoms with Crippen LogP contribution in [-0.4, -0.2) is 27.0 Å². The predicted molar refractivity (Wildman–Crippen MR) is 91.3 cm³/mol. The third-order valence-corrected chi connectivity index (χ3v) is 4.99. The summed E-state index contributed by atoms with van der Waals surface area (Å²) < 4.78 is 32.4. The quantitative estimate of drug-likeness (QED) is 0.865. The van der Waals surface area contributed by atoms with Crippen LogP contribution in [0.4, 0.5) is 5.69 Å². The molecule has 0 aromatic heterocycles. The maximum Gasteiger partial charge on any atom is 0.266 e. The summed E-state index contributed by atoms with van der Waals surface area (Å²) in [7, 11) is -3.56. The van der Waals surface area contributed by atoms with Gasteiger partial charge >= 0.3 is 0 Å². The minimum Gasteiger partial charge on any atom is -0.477 e. The average molecular weight is 346 g/mol. The molecule has 6 nitrogen and oxygen atoms in total. The van der Waals surface area contributed by atoms with E-state index < -0.39 is 16.1 Å². The number of aryl methyl sites for hydroxylation is 1. The van der Waals surface area contributed by atoms with Crippen molar-refractivity contribution in [2.75, 3.05) is 11.9 Å². The number of sulfonamides is 1. The molecule has 0 spiro atoms. The predicted octanol–water partition coefficient (Wildman–Crippen LogP) is 1.81. The number of benzene rings is 2. The maximum absolute atomic E-state index is 12.2. The number of ether oxygens (including phenoxy) is 1. The SMILES string of the molecule is Cc1ccc(CS(=O)(=O)NCC2Oc3ccccc3NC2=O)cc1. The van der Waals surface area contributed by atoms with Gasteiger partial charge in [0.1, 0.15) is 5.75 Å². The number of carbonyl (C=O) groups excluding carboxylic acids is 1. The molecule has 2 aromatic rings. The van der Waals surface area contributed by atoms with Gasteiger partial charge in [-0.15, -0.1) is 0 Å². The van der Waals surface area contributed by atoms with E-state index in [1.165, 1.54) is 0 Å². The van der Waals surface area contributed by atoms with E-state index in [1.54, 1.807) is 36.4 Å². The minimum atomic E-state index is -3.56. The van der Waals surface area contributed by atoms with E-state index in [0.717, 1.165) is 5.56 Å². The molecule has 2 aromatic carbocycles. The first-order valence-electron chi connectivity index (χ1n) is 7.52. The molecule has 7 heteroatoms. The Kier molecular flexibility index (Phi) is 4.55. The molecule has 2 N–H and O–H groups in total. The molecule has 3 rings (SSSR count). The first kappa shape index (κ1) is 16.5. The van der Waals surface area contributed by atoms with Crippen LogP contribution in [0.3, 0.4) is 0 Å². The van der Waals surface area contributed by atoms with Gasteiger partial charge in [-0.05, 0) is 24.6 Å². The van der Waals surface area contributed by atoms with Crippen LogP contribution >= 0.6 is 0 Å². The number of anilines is 1. The van der Waals surface area contributed by atoms with E-state index in [1.807, 2.05) is 19.1 Å². The fraction of sp³-hybridized carbons (Fsp3) is 0.235. The Balaban J connectivity index is 1.62. The Labute approximate surface area is 140 Å². The summed E-state index contributed by atoms with van der Waals surface area (Å²) in [5.74, 6) is 0.0182. The van der Waals surface area contributed by atoms with Crippen molar-refractivity contribution in [1.29, 1.82) is 0 Å². The highest BCUT2D eigenvalue weighted by Crippen LogP contribution is 2.28. The van der Waals surface area contributed by atoms with Crippen molar-refractivity contribution in [3.63, 3.8) is 0 Å². The number of para-hydroxylation sites is 2. The second-order valence-electron chi connectivity index (χ2n) is 5.69. The lowest BCUT2D eigenvalue weighted by molar-refractivity contribution is -0.123. The lowest BCUT2D eigenvalue weighted by Crippen LogP contribution is -2.45. The van der Waals surface area contributed by atoms with Crippen molar-refractivity contribution < 1.29 is 17.9 Å². The summed E-state index contributed by atoms with van der Waals surface area (Å²) in [6.45, 7) is 1.82. The highest BCUT2D eigenvalue weighted by molar-refractivity contribution is 7.88. The van der Waals surface area contributed by atoms with Gasteiger partial charge in [0.2, 0.25) is 10.0 Å². The Morgan fingerprint density at radius 2 is 1.83 bits per heavy atom. The monoisotopic (exact) mass is 346 g/mol. The van der Waals surface area contributed by atoms with E-state index in [-0.39, 0.29) is 18.2 Å². The van der Waals surface area contributed by atoms with Crippen molar-refractivity contribution in [3.05, 3.63) is 59.7 Å². The van der Waals surface area contributed by atoms with Gasteiger partial charge in [-0.2, -0.15) is 0 Å². The summed E-state index contributed by atoms with van der Waals surface area (Å²) in [5.41, 5.74) is 2.34. The molecule has 0 saturated carbocycles. The Hall–Kier alpha value is -2.38. The van der Waals surface area contributed by atoms with Crippen LogP contribution < -0.4 is 14.8 Å². The van der Waals surface area contributed by atoms with E-state index in [9.17, 15) is 13.2 Å². The Morgan fingerprint density at radius 3 is 2.58 bits per heavy atom. The van der Waals surface area contributed by atoms with E-state index in [0.29, 0.717) is 17.0 Å². The number of rotatable bonds is 5. The second-order valence-corrected chi connectivity index (χ2v) is 7.49. The van der Waals surface area contributed by atoms with Gasteiger partial charge in [-0.25, -0.2) is 13.1 Å². The zero-order chi connectivity index (χ0) is 17.2. The minimum absolute atomic E-state index is 0.117. The van der Waals surface area contributed by atoms with Crippen molar-refractivity contribution in [3.8, 4) is 5.75 Å². The molecule has 0 fully saturated rings. The largest absolute Gasteiger partial charge is 0.477 e. The van der Waals surface area contributed by atoms with Crippen molar-refractivity contribution >= 4 is 21.6 Å². The van der Waals surface area contributed by atoms with Crippen LogP contribution in [0.15, 0.2) is 48.5 Å². The van der Waals surface area contributed by atoms with Gasteiger partial charge in [-0.1, -0.05) is 42.0 Å². The van der Waals surface area contributed by atoms with Crippen LogP contribution in [0.25, 0.3) is 0 Å². The summed E-state index contributed by atoms with van der Waals surface area (Å²) in [5, 5.41) is 2.70. The first-order chi connectivity index (χ1) is 11.4. The highest BCUT2D eigenvalue weighted by Gasteiger charge is 2.28. The molecule has 126 valence electrons. The van der Waals surface area contributed by atoms with Gasteiger partial charge in [0.15, 0.2) is 6.10 Å². The van der Waals surface area contributed by atoms with Gasteiger partial charge in [0.05, 0.1) is 18.0 Å². The molecule has 1 heterocycles. The number of fused-ring (bicyclic) bond motifs is 1. The van der Waals surface area contributed by atoms with Gasteiger partial charge < -0.3 is 10.1 Å². The average Bonchev–Trinajstić information content (AvgIpc) is 2.55. The van der Waals surface area contributed by atoms with E-state index in [4.69, 9.17) is 4.74 Å². The standard InChI is InChI=1S/C17H18N2O4S/c1-12-6-8-13(9-7-12)11-24(21,22)18-10-16-17(20)19-14-4-2-3-5-15(14)23-16/h2-9,16,18H,10-11H2,1H3,(H,19,20). The molecule has 1 aliphatic heterocycles. The molecule has 1 amide bonds. The number of hydrogen-bond donors (Lipinski definition) is 2. The fourth-order valence-corrected chi connectivity index (χ4v) is 3.52. The van der Waals surface area contributed by atoms with E-state index in [2.05, 4.69) is 10.0 Å². The zero-order valence-electron chi connectivity index (χ0n) is 13.2. The molecule has 0 saturated heterocycles. The van der Waals surface area contributed by atoms with Gasteiger partial charge in [0.25, 0.3) is 5.91 Å². The van der Waals surface area contributed by atoms with Crippen LogP contribution in [-0.2, 0) is 20.6 Å². The van der Waals surface area contributed by atoms with Crippen molar-refractivity contribution in [2.24, 2.45) is 0 Å². The highest BCUT2D eigenvalue weighted by atomic mass is 32.2. The normalized spacial score (nSPS) is 16.9. The molecule has 0 bridgehead atoms. The van der Waals surface area contributed by atoms with Crippen LogP contribution in [0.5, 0.6) is 5.75 Å². The molecule has 1 aliphatic rings. The summed E-state index contributed by atoms with van der Waals surface area (Å²) in [6.07, 6.45) is -0.896. The molecule has 24 heavy (non-hydrogen) atoms. The third-order valence-electron chi connectivity index (χ3n) is 3.67. The van der Waals surface area contributed by atoms with Crippen LogP contribution in [0, 0.1) is 6.92 Å². The topological polar surface area (TPSA) is 84.5 Å². The van der Waals surface area contributed by atoms with Crippen molar-refractivity contribution in [2.45, 2.75) is 18.8 Å². The molecule has 0 aliphatic carbocycles. The molecule has 0 radical (unpaired) electrons. The first-order valence-corrected chi connectivity index (χ1v) is 9.18. The number of carbonyl (C=O) groups is 1. The molecular formula is C17H18N2O4S. The lowest BCUT2D eigenvalue weighted by Gasteiger charge is -2.25. The van der Waals surface area contributed by atoms with Crippen molar-refractivity contribution in [1.82, 2.24) is 4.72 Å². The number of hydrogen-bond acceptors (Lipinski definition) is 4. The number of amides is 1.